The molecule has 4 aromatic carbocycles. The zero-order chi connectivity index (χ0) is 23.4. The van der Waals surface area contributed by atoms with Crippen LogP contribution in [0, 0.1) is 13.8 Å². The molecule has 0 N–H and O–H groups in total. The summed E-state index contributed by atoms with van der Waals surface area (Å²) in [6.45, 7) is 8.88. The maximum atomic E-state index is 4.99. The molecule has 2 nitrogen and oxygen atoms in total. The Labute approximate surface area is 200 Å². The van der Waals surface area contributed by atoms with Crippen LogP contribution in [0.3, 0.4) is 0 Å². The van der Waals surface area contributed by atoms with Crippen molar-refractivity contribution in [3.05, 3.63) is 108 Å². The van der Waals surface area contributed by atoms with E-state index in [0.717, 1.165) is 11.3 Å². The zero-order valence-electron chi connectivity index (χ0n) is 20.1. The molecule has 6 aromatic rings. The lowest BCUT2D eigenvalue weighted by atomic mass is 9.93. The Morgan fingerprint density at radius 1 is 0.676 bits per heavy atom. The van der Waals surface area contributed by atoms with E-state index in [1.54, 1.807) is 0 Å². The third-order valence-corrected chi connectivity index (χ3v) is 7.11. The second-order valence-corrected chi connectivity index (χ2v) is 9.59. The minimum atomic E-state index is 0.513. The van der Waals surface area contributed by atoms with Crippen LogP contribution < -0.4 is 0 Å². The van der Waals surface area contributed by atoms with E-state index in [-0.39, 0.29) is 0 Å². The summed E-state index contributed by atoms with van der Waals surface area (Å²) in [6, 6.07) is 30.8. The first kappa shape index (κ1) is 20.7. The average molecular weight is 441 g/mol. The fourth-order valence-corrected chi connectivity index (χ4v) is 5.32. The highest BCUT2D eigenvalue weighted by Gasteiger charge is 2.18. The van der Waals surface area contributed by atoms with Crippen LogP contribution in [0.4, 0.5) is 0 Å². The third-order valence-electron chi connectivity index (χ3n) is 7.11. The lowest BCUT2D eigenvalue weighted by Crippen LogP contribution is -1.97. The monoisotopic (exact) mass is 440 g/mol. The van der Waals surface area contributed by atoms with E-state index in [2.05, 4.69) is 117 Å². The van der Waals surface area contributed by atoms with Gasteiger partial charge in [-0.25, -0.2) is 4.98 Å². The molecule has 0 unspecified atom stereocenters. The minimum Gasteiger partial charge on any atom is -0.292 e. The van der Waals surface area contributed by atoms with Crippen molar-refractivity contribution < 1.29 is 0 Å². The van der Waals surface area contributed by atoms with Crippen LogP contribution in [0.2, 0.25) is 0 Å². The highest BCUT2D eigenvalue weighted by molar-refractivity contribution is 6.18. The normalized spacial score (nSPS) is 11.8. The van der Waals surface area contributed by atoms with Gasteiger partial charge in [-0.05, 0) is 53.6 Å². The van der Waals surface area contributed by atoms with Crippen molar-refractivity contribution >= 4 is 27.3 Å². The van der Waals surface area contributed by atoms with E-state index in [1.165, 1.54) is 55.1 Å². The quantitative estimate of drug-likeness (QED) is 0.252. The number of para-hydroxylation sites is 1. The molecular formula is C32H28N2. The van der Waals surface area contributed by atoms with E-state index >= 15 is 0 Å². The van der Waals surface area contributed by atoms with E-state index in [9.17, 15) is 0 Å². The summed E-state index contributed by atoms with van der Waals surface area (Å²) < 4.78 is 2.34. The fourth-order valence-electron chi connectivity index (χ4n) is 5.32. The van der Waals surface area contributed by atoms with Crippen molar-refractivity contribution in [3.63, 3.8) is 0 Å². The third kappa shape index (κ3) is 3.06. The molecule has 0 aliphatic heterocycles. The SMILES string of the molecule is Cc1ccccc1-c1cccc2c1c1ccccc1n1c(-c3ccc(C(C)C)cc3C)cnc21. The first-order valence-corrected chi connectivity index (χ1v) is 12.0. The van der Waals surface area contributed by atoms with Crippen molar-refractivity contribution in [1.82, 2.24) is 9.38 Å². The smallest absolute Gasteiger partial charge is 0.145 e. The van der Waals surface area contributed by atoms with Gasteiger partial charge in [0.2, 0.25) is 0 Å². The molecule has 0 saturated heterocycles. The van der Waals surface area contributed by atoms with Crippen molar-refractivity contribution in [2.24, 2.45) is 0 Å². The van der Waals surface area contributed by atoms with Crippen LogP contribution in [0.15, 0.2) is 91.1 Å². The van der Waals surface area contributed by atoms with Crippen molar-refractivity contribution in [2.45, 2.75) is 33.6 Å². The zero-order valence-corrected chi connectivity index (χ0v) is 20.1. The standard InChI is InChI=1S/C32H28N2/c1-20(2)23-16-17-25(22(4)18-23)30-19-33-32-28-14-9-13-26(24-11-6-5-10-21(24)3)31(28)27-12-7-8-15-29(27)34(30)32/h5-20H,1-4H3. The molecule has 0 bridgehead atoms. The van der Waals surface area contributed by atoms with Crippen LogP contribution in [-0.4, -0.2) is 9.38 Å². The van der Waals surface area contributed by atoms with Gasteiger partial charge in [0.05, 0.1) is 17.4 Å². The van der Waals surface area contributed by atoms with Crippen LogP contribution in [-0.2, 0) is 0 Å². The van der Waals surface area contributed by atoms with Gasteiger partial charge in [-0.1, -0.05) is 92.7 Å². The Morgan fingerprint density at radius 3 is 2.21 bits per heavy atom. The van der Waals surface area contributed by atoms with Gasteiger partial charge in [-0.3, -0.25) is 4.40 Å². The molecule has 166 valence electrons. The summed E-state index contributed by atoms with van der Waals surface area (Å²) in [6.07, 6.45) is 2.04. The first-order valence-electron chi connectivity index (χ1n) is 12.0. The van der Waals surface area contributed by atoms with E-state index in [4.69, 9.17) is 4.98 Å². The summed E-state index contributed by atoms with van der Waals surface area (Å²) in [4.78, 5) is 4.99. The maximum Gasteiger partial charge on any atom is 0.145 e. The summed E-state index contributed by atoms with van der Waals surface area (Å²) in [5.41, 5.74) is 11.0. The van der Waals surface area contributed by atoms with E-state index in [1.807, 2.05) is 6.20 Å². The minimum absolute atomic E-state index is 0.513. The maximum absolute atomic E-state index is 4.99. The van der Waals surface area contributed by atoms with Gasteiger partial charge in [-0.2, -0.15) is 0 Å². The van der Waals surface area contributed by atoms with Gasteiger partial charge in [0.1, 0.15) is 5.65 Å². The van der Waals surface area contributed by atoms with Crippen molar-refractivity contribution in [3.8, 4) is 22.4 Å². The van der Waals surface area contributed by atoms with Gasteiger partial charge in [0.15, 0.2) is 0 Å². The molecule has 0 aliphatic carbocycles. The Kier molecular flexibility index (Phi) is 4.77. The number of aromatic nitrogens is 2. The number of aryl methyl sites for hydroxylation is 2. The number of hydrogen-bond donors (Lipinski definition) is 0. The molecule has 0 radical (unpaired) electrons. The lowest BCUT2D eigenvalue weighted by Gasteiger charge is -2.16. The molecule has 0 fully saturated rings. The van der Waals surface area contributed by atoms with Crippen molar-refractivity contribution in [1.29, 1.82) is 0 Å². The topological polar surface area (TPSA) is 17.3 Å². The number of nitrogens with zero attached hydrogens (tertiary/aromatic N) is 2. The molecule has 0 atom stereocenters. The predicted molar refractivity (Wildman–Crippen MR) is 145 cm³/mol. The Bertz CT molecular complexity index is 1700. The van der Waals surface area contributed by atoms with Crippen LogP contribution in [0.25, 0.3) is 49.7 Å². The molecule has 34 heavy (non-hydrogen) atoms. The molecule has 0 spiro atoms. The molecule has 0 aliphatic rings. The number of fused-ring (bicyclic) bond motifs is 6. The molecule has 0 saturated carbocycles. The first-order chi connectivity index (χ1) is 16.5. The van der Waals surface area contributed by atoms with Gasteiger partial charge in [-0.15, -0.1) is 0 Å². The highest BCUT2D eigenvalue weighted by atomic mass is 15.0. The number of rotatable bonds is 3. The Hall–Kier alpha value is -3.91. The Balaban J connectivity index is 1.73. The van der Waals surface area contributed by atoms with E-state index < -0.39 is 0 Å². The van der Waals surface area contributed by atoms with Crippen molar-refractivity contribution in [2.75, 3.05) is 0 Å². The number of hydrogen-bond acceptors (Lipinski definition) is 1. The lowest BCUT2D eigenvalue weighted by molar-refractivity contribution is 0.865. The Morgan fingerprint density at radius 2 is 1.41 bits per heavy atom. The van der Waals surface area contributed by atoms with Gasteiger partial charge in [0.25, 0.3) is 0 Å². The fraction of sp³-hybridized carbons (Fsp3) is 0.156. The van der Waals surface area contributed by atoms with Gasteiger partial charge >= 0.3 is 0 Å². The molecule has 0 amide bonds. The summed E-state index contributed by atoms with van der Waals surface area (Å²) in [5, 5.41) is 3.70. The molecule has 6 rings (SSSR count). The highest BCUT2D eigenvalue weighted by Crippen LogP contribution is 2.39. The summed E-state index contributed by atoms with van der Waals surface area (Å²) in [7, 11) is 0. The van der Waals surface area contributed by atoms with Gasteiger partial charge < -0.3 is 0 Å². The predicted octanol–water partition coefficient (Wildman–Crippen LogP) is 8.71. The van der Waals surface area contributed by atoms with Crippen LogP contribution in [0.5, 0.6) is 0 Å². The summed E-state index contributed by atoms with van der Waals surface area (Å²) in [5.74, 6) is 0.513. The largest absolute Gasteiger partial charge is 0.292 e. The van der Waals surface area contributed by atoms with Gasteiger partial charge in [0, 0.05) is 21.7 Å². The molecule has 2 aromatic heterocycles. The number of benzene rings is 4. The number of imidazole rings is 1. The van der Waals surface area contributed by atoms with Crippen LogP contribution in [0.1, 0.15) is 36.5 Å². The van der Waals surface area contributed by atoms with E-state index in [0.29, 0.717) is 5.92 Å². The molecular weight excluding hydrogens is 412 g/mol. The van der Waals surface area contributed by atoms with Crippen LogP contribution >= 0.6 is 0 Å². The number of pyridine rings is 1. The second kappa shape index (κ2) is 7.85. The summed E-state index contributed by atoms with van der Waals surface area (Å²) >= 11 is 0. The molecule has 2 heteroatoms. The second-order valence-electron chi connectivity index (χ2n) is 9.59. The average Bonchev–Trinajstić information content (AvgIpc) is 3.29. The molecule has 2 heterocycles.